The second kappa shape index (κ2) is 5.89. The third-order valence-electron chi connectivity index (χ3n) is 4.12. The summed E-state index contributed by atoms with van der Waals surface area (Å²) in [6, 6.07) is 2.73. The highest BCUT2D eigenvalue weighted by Gasteiger charge is 2.34. The summed E-state index contributed by atoms with van der Waals surface area (Å²) >= 11 is 5.86. The predicted octanol–water partition coefficient (Wildman–Crippen LogP) is 2.93. The van der Waals surface area contributed by atoms with E-state index in [9.17, 15) is 12.8 Å². The first kappa shape index (κ1) is 16.4. The van der Waals surface area contributed by atoms with Gasteiger partial charge in [-0.1, -0.05) is 11.6 Å². The molecule has 0 bridgehead atoms. The van der Waals surface area contributed by atoms with Crippen LogP contribution in [0.5, 0.6) is 0 Å². The van der Waals surface area contributed by atoms with Crippen molar-refractivity contribution in [1.29, 1.82) is 0 Å². The number of aryl methyl sites for hydroxylation is 2. The molecule has 1 fully saturated rings. The van der Waals surface area contributed by atoms with Crippen molar-refractivity contribution in [3.63, 3.8) is 0 Å². The van der Waals surface area contributed by atoms with Crippen molar-refractivity contribution in [2.24, 2.45) is 0 Å². The molecule has 0 radical (unpaired) electrons. The van der Waals surface area contributed by atoms with Crippen LogP contribution in [0.25, 0.3) is 0 Å². The molecule has 0 aliphatic carbocycles. The third-order valence-corrected chi connectivity index (χ3v) is 6.16. The van der Waals surface area contributed by atoms with E-state index in [-0.39, 0.29) is 16.8 Å². The fourth-order valence-corrected chi connectivity index (χ4v) is 4.67. The molecule has 8 heteroatoms. The van der Waals surface area contributed by atoms with E-state index in [4.69, 9.17) is 11.6 Å². The fourth-order valence-electron chi connectivity index (χ4n) is 2.86. The summed E-state index contributed by atoms with van der Waals surface area (Å²) in [5, 5.41) is 4.66. The summed E-state index contributed by atoms with van der Waals surface area (Å²) < 4.78 is 42.4. The van der Waals surface area contributed by atoms with Crippen molar-refractivity contribution in [2.45, 2.75) is 31.2 Å². The maximum Gasteiger partial charge on any atom is 0.243 e. The van der Waals surface area contributed by atoms with Crippen molar-refractivity contribution in [1.82, 2.24) is 14.1 Å². The van der Waals surface area contributed by atoms with Gasteiger partial charge in [0.2, 0.25) is 10.0 Å². The number of aromatic nitrogens is 2. The Balaban J connectivity index is 1.87. The predicted molar refractivity (Wildman–Crippen MR) is 85.5 cm³/mol. The lowest BCUT2D eigenvalue weighted by Gasteiger charge is -2.18. The van der Waals surface area contributed by atoms with E-state index in [1.807, 2.05) is 0 Å². The van der Waals surface area contributed by atoms with Gasteiger partial charge in [0.25, 0.3) is 0 Å². The zero-order chi connectivity index (χ0) is 16.8. The second-order valence-electron chi connectivity index (χ2n) is 5.82. The average Bonchev–Trinajstić information content (AvgIpc) is 3.12. The molecule has 2 aromatic rings. The van der Waals surface area contributed by atoms with E-state index in [0.29, 0.717) is 35.7 Å². The monoisotopic (exact) mass is 357 g/mol. The van der Waals surface area contributed by atoms with Crippen molar-refractivity contribution in [2.75, 3.05) is 13.1 Å². The normalized spacial score (nSPS) is 19.4. The molecule has 124 valence electrons. The van der Waals surface area contributed by atoms with Crippen LogP contribution in [0.4, 0.5) is 4.39 Å². The summed E-state index contributed by atoms with van der Waals surface area (Å²) in [5.41, 5.74) is 0.663. The number of benzene rings is 1. The largest absolute Gasteiger partial charge is 0.267 e. The highest BCUT2D eigenvalue weighted by atomic mass is 35.5. The number of nitrogens with zero attached hydrogens (tertiary/aromatic N) is 3. The van der Waals surface area contributed by atoms with Crippen LogP contribution in [0.1, 0.15) is 23.6 Å². The molecule has 1 aromatic carbocycles. The number of rotatable bonds is 3. The maximum absolute atomic E-state index is 13.7. The second-order valence-corrected chi connectivity index (χ2v) is 8.19. The lowest BCUT2D eigenvalue weighted by atomic mass is 10.1. The SMILES string of the molecule is Cc1cc(S(=O)(=O)N2CCC(n3cc(Cl)cn3)C2)cc(C)c1F. The van der Waals surface area contributed by atoms with Crippen molar-refractivity contribution < 1.29 is 12.8 Å². The molecule has 1 unspecified atom stereocenters. The Hall–Kier alpha value is -1.44. The molecule has 1 atom stereocenters. The molecular formula is C15H17ClFN3O2S. The van der Waals surface area contributed by atoms with Gasteiger partial charge >= 0.3 is 0 Å². The van der Waals surface area contributed by atoms with Gasteiger partial charge in [0.05, 0.1) is 22.2 Å². The van der Waals surface area contributed by atoms with Crippen LogP contribution >= 0.6 is 11.6 Å². The van der Waals surface area contributed by atoms with Gasteiger partial charge in [-0.25, -0.2) is 12.8 Å². The first-order chi connectivity index (χ1) is 10.8. The minimum atomic E-state index is -3.64. The highest BCUT2D eigenvalue weighted by molar-refractivity contribution is 7.89. The molecule has 0 saturated carbocycles. The Bertz CT molecular complexity index is 827. The van der Waals surface area contributed by atoms with Crippen LogP contribution in [-0.4, -0.2) is 35.6 Å². The van der Waals surface area contributed by atoms with E-state index >= 15 is 0 Å². The van der Waals surface area contributed by atoms with Gasteiger partial charge in [-0.2, -0.15) is 9.40 Å². The maximum atomic E-state index is 13.7. The fraction of sp³-hybridized carbons (Fsp3) is 0.400. The van der Waals surface area contributed by atoms with Crippen LogP contribution in [0, 0.1) is 19.7 Å². The molecular weight excluding hydrogens is 341 g/mol. The quantitative estimate of drug-likeness (QED) is 0.848. The van der Waals surface area contributed by atoms with Crippen molar-refractivity contribution in [3.8, 4) is 0 Å². The van der Waals surface area contributed by atoms with Gasteiger partial charge in [0.1, 0.15) is 5.82 Å². The summed E-state index contributed by atoms with van der Waals surface area (Å²) in [4.78, 5) is 0.132. The number of sulfonamides is 1. The number of hydrogen-bond acceptors (Lipinski definition) is 3. The zero-order valence-corrected chi connectivity index (χ0v) is 14.4. The molecule has 0 spiro atoms. The van der Waals surface area contributed by atoms with Gasteiger partial charge in [0.15, 0.2) is 0 Å². The summed E-state index contributed by atoms with van der Waals surface area (Å²) in [6.07, 6.45) is 3.89. The van der Waals surface area contributed by atoms with Gasteiger partial charge in [-0.05, 0) is 43.5 Å². The van der Waals surface area contributed by atoms with E-state index in [1.54, 1.807) is 24.7 Å². The molecule has 23 heavy (non-hydrogen) atoms. The highest BCUT2D eigenvalue weighted by Crippen LogP contribution is 2.29. The summed E-state index contributed by atoms with van der Waals surface area (Å²) in [5.74, 6) is -0.366. The molecule has 1 aromatic heterocycles. The molecule has 0 amide bonds. The Morgan fingerprint density at radius 1 is 1.30 bits per heavy atom. The molecule has 2 heterocycles. The van der Waals surface area contributed by atoms with Crippen LogP contribution in [0.15, 0.2) is 29.4 Å². The molecule has 3 rings (SSSR count). The minimum absolute atomic E-state index is 0.0417. The standard InChI is InChI=1S/C15H17ClFN3O2S/c1-10-5-14(6-11(2)15(10)17)23(21,22)19-4-3-13(9-19)20-8-12(16)7-18-20/h5-8,13H,3-4,9H2,1-2H3. The van der Waals surface area contributed by atoms with Crippen LogP contribution < -0.4 is 0 Å². The number of hydrogen-bond donors (Lipinski definition) is 0. The van der Waals surface area contributed by atoms with Gasteiger partial charge in [-0.15, -0.1) is 0 Å². The van der Waals surface area contributed by atoms with Gasteiger partial charge in [0, 0.05) is 19.3 Å². The van der Waals surface area contributed by atoms with Crippen LogP contribution in [0.3, 0.4) is 0 Å². The summed E-state index contributed by atoms with van der Waals surface area (Å²) in [7, 11) is -3.64. The molecule has 0 N–H and O–H groups in total. The van der Waals surface area contributed by atoms with E-state index in [1.165, 1.54) is 22.6 Å². The third kappa shape index (κ3) is 3.00. The Morgan fingerprint density at radius 3 is 2.52 bits per heavy atom. The van der Waals surface area contributed by atoms with Crippen molar-refractivity contribution >= 4 is 21.6 Å². The van der Waals surface area contributed by atoms with Crippen molar-refractivity contribution in [3.05, 3.63) is 46.5 Å². The Morgan fingerprint density at radius 2 is 1.96 bits per heavy atom. The van der Waals surface area contributed by atoms with E-state index in [2.05, 4.69) is 5.10 Å². The molecule has 1 saturated heterocycles. The lowest BCUT2D eigenvalue weighted by molar-refractivity contribution is 0.434. The van der Waals surface area contributed by atoms with E-state index < -0.39 is 10.0 Å². The van der Waals surface area contributed by atoms with Crippen LogP contribution in [0.2, 0.25) is 5.02 Å². The van der Waals surface area contributed by atoms with Gasteiger partial charge in [-0.3, -0.25) is 4.68 Å². The summed E-state index contributed by atoms with van der Waals surface area (Å²) in [6.45, 7) is 3.87. The molecule has 5 nitrogen and oxygen atoms in total. The first-order valence-electron chi connectivity index (χ1n) is 7.25. The average molecular weight is 358 g/mol. The molecule has 1 aliphatic rings. The number of halogens is 2. The van der Waals surface area contributed by atoms with Gasteiger partial charge < -0.3 is 0 Å². The molecule has 1 aliphatic heterocycles. The Labute approximate surface area is 139 Å². The topological polar surface area (TPSA) is 55.2 Å². The Kier molecular flexibility index (Phi) is 4.20. The lowest BCUT2D eigenvalue weighted by Crippen LogP contribution is -2.29. The first-order valence-corrected chi connectivity index (χ1v) is 9.07. The minimum Gasteiger partial charge on any atom is -0.267 e. The van der Waals surface area contributed by atoms with Crippen LogP contribution in [-0.2, 0) is 10.0 Å². The smallest absolute Gasteiger partial charge is 0.243 e. The van der Waals surface area contributed by atoms with E-state index in [0.717, 1.165) is 0 Å². The zero-order valence-electron chi connectivity index (χ0n) is 12.8.